The molecular formula is C28H32I3O10-. The number of halogens is 3. The fraction of sp³-hybridized carbons (Fsp3) is 0.179. The van der Waals surface area contributed by atoms with E-state index in [2.05, 4.69) is 19.7 Å². The first-order chi connectivity index (χ1) is 18.6. The van der Waals surface area contributed by atoms with Crippen LogP contribution in [0, 0.1) is 7.14 Å². The van der Waals surface area contributed by atoms with Crippen molar-refractivity contribution < 1.29 is 65.3 Å². The quantitative estimate of drug-likeness (QED) is 0.294. The fourth-order valence-corrected chi connectivity index (χ4v) is 7.51. The summed E-state index contributed by atoms with van der Waals surface area (Å²) < 4.78 is 22.1. The zero-order valence-corrected chi connectivity index (χ0v) is 29.6. The molecule has 2 aromatic carbocycles. The Bertz CT molecular complexity index is 1160. The van der Waals surface area contributed by atoms with Crippen LogP contribution in [0.4, 0.5) is 0 Å². The predicted octanol–water partition coefficient (Wildman–Crippen LogP) is 3.40. The molecule has 0 heterocycles. The van der Waals surface area contributed by atoms with Gasteiger partial charge in [0.05, 0.1) is 0 Å². The Balaban J connectivity index is 0. The molecule has 0 aliphatic rings. The van der Waals surface area contributed by atoms with E-state index < -0.39 is 71.1 Å². The number of carbonyl (C=O) groups excluding carboxylic acids is 4. The van der Waals surface area contributed by atoms with Gasteiger partial charge in [-0.05, 0) is 6.92 Å². The Hall–Kier alpha value is -2.80. The van der Waals surface area contributed by atoms with E-state index in [0.29, 0.717) is 0 Å². The predicted molar refractivity (Wildman–Crippen MR) is 166 cm³/mol. The van der Waals surface area contributed by atoms with Gasteiger partial charge in [0, 0.05) is 5.57 Å². The van der Waals surface area contributed by atoms with Gasteiger partial charge in [-0.25, -0.2) is 4.79 Å². The number of benzene rings is 2. The number of carboxylic acids is 1. The van der Waals surface area contributed by atoms with E-state index >= 15 is 0 Å². The Kier molecular flexibility index (Phi) is 21.5. The van der Waals surface area contributed by atoms with E-state index in [-0.39, 0.29) is 40.7 Å². The van der Waals surface area contributed by atoms with E-state index in [0.717, 1.165) is 7.14 Å². The monoisotopic (exact) mass is 909 g/mol. The van der Waals surface area contributed by atoms with Crippen LogP contribution in [0.1, 0.15) is 34.6 Å². The average molecular weight is 909 g/mol. The van der Waals surface area contributed by atoms with Crippen molar-refractivity contribution in [2.45, 2.75) is 34.6 Å². The molecule has 0 atom stereocenters. The SMILES string of the molecule is C=C(C)C(=O)O.C=C(C)C(=O)OI(OC(=O)C(=C)C)c1ccccc1.CC(=O)OI(OC(C)=O)c1ccccc1.[I-]. The summed E-state index contributed by atoms with van der Waals surface area (Å²) in [4.78, 5) is 54.4. The van der Waals surface area contributed by atoms with Crippen molar-refractivity contribution >= 4 is 71.1 Å². The molecule has 226 valence electrons. The van der Waals surface area contributed by atoms with E-state index in [4.69, 9.17) is 17.4 Å². The molecule has 0 unspecified atom stereocenters. The Morgan fingerprint density at radius 1 is 0.561 bits per heavy atom. The minimum atomic E-state index is -2.84. The van der Waals surface area contributed by atoms with E-state index in [1.54, 1.807) is 50.2 Å². The number of hydrogen-bond donors (Lipinski definition) is 1. The topological polar surface area (TPSA) is 142 Å². The van der Waals surface area contributed by atoms with Gasteiger partial charge in [-0.1, -0.05) is 6.58 Å². The molecule has 0 aliphatic heterocycles. The molecule has 13 heteroatoms. The molecule has 0 amide bonds. The number of carboxylic acid groups (broad SMARTS) is 1. The molecule has 2 rings (SSSR count). The summed E-state index contributed by atoms with van der Waals surface area (Å²) in [6.07, 6.45) is 0. The molecule has 0 saturated carbocycles. The Morgan fingerprint density at radius 3 is 1.05 bits per heavy atom. The van der Waals surface area contributed by atoms with Gasteiger partial charge in [-0.2, -0.15) is 0 Å². The number of carbonyl (C=O) groups is 5. The maximum Gasteiger partial charge on any atom is -1.00 e. The van der Waals surface area contributed by atoms with Crippen LogP contribution < -0.4 is 24.0 Å². The number of hydrogen-bond acceptors (Lipinski definition) is 9. The fourth-order valence-electron chi connectivity index (χ4n) is 1.70. The summed E-state index contributed by atoms with van der Waals surface area (Å²) in [5, 5.41) is 7.89. The normalized spacial score (nSPS) is 9.68. The molecule has 0 bridgehead atoms. The smallest absolute Gasteiger partial charge is 1.00 e. The van der Waals surface area contributed by atoms with Crippen LogP contribution in [0.5, 0.6) is 0 Å². The molecule has 0 radical (unpaired) electrons. The molecule has 0 aromatic heterocycles. The van der Waals surface area contributed by atoms with Crippen LogP contribution in [0.2, 0.25) is 0 Å². The van der Waals surface area contributed by atoms with Crippen LogP contribution in [0.25, 0.3) is 0 Å². The minimum Gasteiger partial charge on any atom is -1.00 e. The van der Waals surface area contributed by atoms with E-state index in [9.17, 15) is 24.0 Å². The van der Waals surface area contributed by atoms with Crippen molar-refractivity contribution in [3.8, 4) is 0 Å². The standard InChI is InChI=1S/C14H15IO4.C10H11IO4.C4H6O2.HI/c1-10(2)13(16)18-15(19-14(17)11(3)4)12-8-6-5-7-9-12;1-8(12)14-11(15-9(2)13)10-6-4-3-5-7-10;1-3(2)4(5)6;/h5-9H,1,3H2,2,4H3;3-7H,1-2H3;1H2,2H3,(H,5,6);1H/p-1. The van der Waals surface area contributed by atoms with Crippen molar-refractivity contribution in [1.82, 2.24) is 0 Å². The second kappa shape index (κ2) is 21.9. The molecule has 41 heavy (non-hydrogen) atoms. The number of rotatable bonds is 9. The van der Waals surface area contributed by atoms with Crippen LogP contribution in [-0.4, -0.2) is 35.0 Å². The molecule has 0 spiro atoms. The number of aliphatic carboxylic acids is 1. The van der Waals surface area contributed by atoms with Crippen LogP contribution in [0.15, 0.2) is 97.1 Å². The van der Waals surface area contributed by atoms with Gasteiger partial charge >= 0.3 is 222 Å². The molecule has 1 N–H and O–H groups in total. The van der Waals surface area contributed by atoms with Crippen LogP contribution in [0.3, 0.4) is 0 Å². The van der Waals surface area contributed by atoms with Crippen LogP contribution >= 0.6 is 41.3 Å². The van der Waals surface area contributed by atoms with E-state index in [1.807, 2.05) is 24.3 Å². The van der Waals surface area contributed by atoms with Gasteiger partial charge in [0.2, 0.25) is 0 Å². The Morgan fingerprint density at radius 2 is 0.829 bits per heavy atom. The molecule has 0 saturated heterocycles. The zero-order chi connectivity index (χ0) is 30.8. The van der Waals surface area contributed by atoms with Crippen molar-refractivity contribution in [2.24, 2.45) is 0 Å². The maximum absolute atomic E-state index is 11.6. The van der Waals surface area contributed by atoms with Gasteiger partial charge in [0.1, 0.15) is 0 Å². The van der Waals surface area contributed by atoms with Gasteiger partial charge < -0.3 is 29.1 Å². The second-order valence-corrected chi connectivity index (χ2v) is 14.3. The van der Waals surface area contributed by atoms with Gasteiger partial charge in [-0.3, -0.25) is 0 Å². The summed E-state index contributed by atoms with van der Waals surface area (Å²) in [7, 11) is 0. The molecular weight excluding hydrogens is 877 g/mol. The van der Waals surface area contributed by atoms with Crippen molar-refractivity contribution in [1.29, 1.82) is 0 Å². The molecule has 0 fully saturated rings. The second-order valence-electron chi connectivity index (χ2n) is 7.54. The third-order valence-electron chi connectivity index (χ3n) is 3.52. The minimum absolute atomic E-state index is 0. The maximum atomic E-state index is 11.6. The summed E-state index contributed by atoms with van der Waals surface area (Å²) in [6, 6.07) is 18.0. The first kappa shape index (κ1) is 40.3. The van der Waals surface area contributed by atoms with Crippen LogP contribution in [-0.2, 0) is 36.2 Å². The summed E-state index contributed by atoms with van der Waals surface area (Å²) in [5.74, 6) is -2.89. The van der Waals surface area contributed by atoms with Gasteiger partial charge in [0.25, 0.3) is 0 Å². The molecule has 0 aliphatic carbocycles. The van der Waals surface area contributed by atoms with Gasteiger partial charge in [-0.15, -0.1) is 0 Å². The third kappa shape index (κ3) is 19.0. The van der Waals surface area contributed by atoms with Gasteiger partial charge in [0.15, 0.2) is 0 Å². The van der Waals surface area contributed by atoms with Crippen molar-refractivity contribution in [3.63, 3.8) is 0 Å². The summed E-state index contributed by atoms with van der Waals surface area (Å²) >= 11 is -5.43. The summed E-state index contributed by atoms with van der Waals surface area (Å²) in [6.45, 7) is 17.3. The largest absolute Gasteiger partial charge is 1.00 e. The summed E-state index contributed by atoms with van der Waals surface area (Å²) in [5.41, 5.74) is 0.712. The van der Waals surface area contributed by atoms with Crippen molar-refractivity contribution in [2.75, 3.05) is 0 Å². The van der Waals surface area contributed by atoms with Crippen molar-refractivity contribution in [3.05, 3.63) is 104 Å². The molecule has 10 nitrogen and oxygen atoms in total. The van der Waals surface area contributed by atoms with E-state index in [1.165, 1.54) is 20.8 Å². The first-order valence-corrected chi connectivity index (χ1v) is 16.9. The first-order valence-electron chi connectivity index (χ1n) is 11.2. The average Bonchev–Trinajstić information content (AvgIpc) is 2.88. The zero-order valence-electron chi connectivity index (χ0n) is 23.2. The third-order valence-corrected chi connectivity index (χ3v) is 10.6. The Labute approximate surface area is 273 Å². The molecule has 2 aromatic rings.